The fraction of sp³-hybridized carbons (Fsp3) is 0.111. The number of benzene rings is 2. The van der Waals surface area contributed by atoms with Gasteiger partial charge in [0.15, 0.2) is 5.78 Å². The monoisotopic (exact) mass is 261 g/mol. The lowest BCUT2D eigenvalue weighted by Crippen LogP contribution is -2.06. The van der Waals surface area contributed by atoms with Gasteiger partial charge in [-0.05, 0) is 49.2 Å². The average Bonchev–Trinajstić information content (AvgIpc) is 2.46. The Labute approximate surface area is 118 Å². The van der Waals surface area contributed by atoms with E-state index in [1.54, 1.807) is 6.20 Å². The molecule has 0 saturated heterocycles. The maximum atomic E-state index is 12.7. The molecule has 0 aliphatic rings. The summed E-state index contributed by atoms with van der Waals surface area (Å²) in [6, 6.07) is 15.5. The normalized spacial score (nSPS) is 10.7. The highest BCUT2D eigenvalue weighted by Crippen LogP contribution is 2.20. The smallest absolute Gasteiger partial charge is 0.193 e. The molecule has 1 aromatic heterocycles. The molecular weight excluding hydrogens is 246 g/mol. The molecule has 0 spiro atoms. The largest absolute Gasteiger partial charge is 0.289 e. The van der Waals surface area contributed by atoms with Gasteiger partial charge in [-0.25, -0.2) is 0 Å². The van der Waals surface area contributed by atoms with Crippen LogP contribution in [0.15, 0.2) is 54.7 Å². The number of pyridine rings is 1. The zero-order chi connectivity index (χ0) is 14.1. The quantitative estimate of drug-likeness (QED) is 0.650. The summed E-state index contributed by atoms with van der Waals surface area (Å²) in [4.78, 5) is 17.0. The van der Waals surface area contributed by atoms with Crippen molar-refractivity contribution in [2.45, 2.75) is 13.8 Å². The van der Waals surface area contributed by atoms with Crippen LogP contribution < -0.4 is 0 Å². The molecule has 0 radical (unpaired) electrons. The Hall–Kier alpha value is -2.48. The molecular formula is C18H15NO. The van der Waals surface area contributed by atoms with Crippen molar-refractivity contribution in [1.29, 1.82) is 0 Å². The minimum Gasteiger partial charge on any atom is -0.289 e. The van der Waals surface area contributed by atoms with Crippen LogP contribution >= 0.6 is 0 Å². The van der Waals surface area contributed by atoms with Gasteiger partial charge in [0.25, 0.3) is 0 Å². The van der Waals surface area contributed by atoms with E-state index in [-0.39, 0.29) is 5.78 Å². The molecule has 0 saturated carbocycles. The summed E-state index contributed by atoms with van der Waals surface area (Å²) in [6.45, 7) is 3.95. The highest BCUT2D eigenvalue weighted by atomic mass is 16.1. The molecule has 3 aromatic rings. The molecule has 0 unspecified atom stereocenters. The van der Waals surface area contributed by atoms with Crippen LogP contribution in [0.4, 0.5) is 0 Å². The van der Waals surface area contributed by atoms with E-state index >= 15 is 0 Å². The highest BCUT2D eigenvalue weighted by molar-refractivity contribution is 6.12. The molecule has 2 heteroatoms. The van der Waals surface area contributed by atoms with Crippen LogP contribution in [0.5, 0.6) is 0 Å². The predicted molar refractivity (Wildman–Crippen MR) is 81.1 cm³/mol. The zero-order valence-corrected chi connectivity index (χ0v) is 11.6. The van der Waals surface area contributed by atoms with E-state index in [0.717, 1.165) is 27.6 Å². The second-order valence-electron chi connectivity index (χ2n) is 5.01. The number of hydrogen-bond acceptors (Lipinski definition) is 2. The van der Waals surface area contributed by atoms with Crippen LogP contribution in [0.3, 0.4) is 0 Å². The SMILES string of the molecule is Cc1cccc(C)c1C(=O)c1ccc2ncccc2c1. The molecule has 3 rings (SSSR count). The number of carbonyl (C=O) groups excluding carboxylic acids is 1. The number of hydrogen-bond donors (Lipinski definition) is 0. The van der Waals surface area contributed by atoms with Crippen LogP contribution in [0.1, 0.15) is 27.0 Å². The summed E-state index contributed by atoms with van der Waals surface area (Å²) in [5.41, 5.74) is 4.45. The Morgan fingerprint density at radius 1 is 0.950 bits per heavy atom. The maximum Gasteiger partial charge on any atom is 0.193 e. The van der Waals surface area contributed by atoms with Crippen molar-refractivity contribution >= 4 is 16.7 Å². The lowest BCUT2D eigenvalue weighted by Gasteiger charge is -2.09. The number of fused-ring (bicyclic) bond motifs is 1. The number of aryl methyl sites for hydroxylation is 2. The van der Waals surface area contributed by atoms with E-state index in [4.69, 9.17) is 0 Å². The fourth-order valence-electron chi connectivity index (χ4n) is 2.53. The van der Waals surface area contributed by atoms with Crippen molar-refractivity contribution in [2.24, 2.45) is 0 Å². The van der Waals surface area contributed by atoms with E-state index < -0.39 is 0 Å². The lowest BCUT2D eigenvalue weighted by molar-refractivity contribution is 0.103. The summed E-state index contributed by atoms with van der Waals surface area (Å²) in [5.74, 6) is 0.0753. The molecule has 0 aliphatic carbocycles. The number of ketones is 1. The molecule has 0 N–H and O–H groups in total. The van der Waals surface area contributed by atoms with Gasteiger partial charge < -0.3 is 0 Å². The Bertz CT molecular complexity index is 785. The van der Waals surface area contributed by atoms with Gasteiger partial charge in [-0.1, -0.05) is 24.3 Å². The van der Waals surface area contributed by atoms with Crippen molar-refractivity contribution in [3.8, 4) is 0 Å². The predicted octanol–water partition coefficient (Wildman–Crippen LogP) is 4.08. The third-order valence-corrected chi connectivity index (χ3v) is 3.57. The minimum absolute atomic E-state index is 0.0753. The highest BCUT2D eigenvalue weighted by Gasteiger charge is 2.14. The van der Waals surface area contributed by atoms with Gasteiger partial charge in [-0.2, -0.15) is 0 Å². The third-order valence-electron chi connectivity index (χ3n) is 3.57. The van der Waals surface area contributed by atoms with Crippen molar-refractivity contribution in [2.75, 3.05) is 0 Å². The number of aromatic nitrogens is 1. The van der Waals surface area contributed by atoms with E-state index in [2.05, 4.69) is 4.98 Å². The van der Waals surface area contributed by atoms with Crippen molar-refractivity contribution in [3.63, 3.8) is 0 Å². The van der Waals surface area contributed by atoms with Crippen LogP contribution in [0, 0.1) is 13.8 Å². The molecule has 2 aromatic carbocycles. The molecule has 98 valence electrons. The Morgan fingerprint density at radius 3 is 2.45 bits per heavy atom. The molecule has 2 nitrogen and oxygen atoms in total. The van der Waals surface area contributed by atoms with Crippen molar-refractivity contribution in [3.05, 3.63) is 77.0 Å². The first-order valence-electron chi connectivity index (χ1n) is 6.62. The average molecular weight is 261 g/mol. The van der Waals surface area contributed by atoms with Gasteiger partial charge in [-0.3, -0.25) is 9.78 Å². The van der Waals surface area contributed by atoms with Crippen LogP contribution in [0.2, 0.25) is 0 Å². The zero-order valence-electron chi connectivity index (χ0n) is 11.6. The lowest BCUT2D eigenvalue weighted by atomic mass is 9.94. The van der Waals surface area contributed by atoms with Crippen molar-refractivity contribution in [1.82, 2.24) is 4.98 Å². The van der Waals surface area contributed by atoms with Crippen LogP contribution in [-0.2, 0) is 0 Å². The van der Waals surface area contributed by atoms with Crippen LogP contribution in [-0.4, -0.2) is 10.8 Å². The molecule has 20 heavy (non-hydrogen) atoms. The first-order valence-corrected chi connectivity index (χ1v) is 6.62. The first kappa shape index (κ1) is 12.5. The molecule has 0 atom stereocenters. The van der Waals surface area contributed by atoms with Gasteiger partial charge in [-0.15, -0.1) is 0 Å². The minimum atomic E-state index is 0.0753. The summed E-state index contributed by atoms with van der Waals surface area (Å²) >= 11 is 0. The second kappa shape index (κ2) is 4.89. The fourth-order valence-corrected chi connectivity index (χ4v) is 2.53. The topological polar surface area (TPSA) is 30.0 Å². The van der Waals surface area contributed by atoms with E-state index in [1.165, 1.54) is 0 Å². The maximum absolute atomic E-state index is 12.7. The van der Waals surface area contributed by atoms with Gasteiger partial charge in [0, 0.05) is 22.7 Å². The van der Waals surface area contributed by atoms with E-state index in [9.17, 15) is 4.79 Å². The molecule has 1 heterocycles. The summed E-state index contributed by atoms with van der Waals surface area (Å²) in [5, 5.41) is 0.990. The molecule has 0 fully saturated rings. The van der Waals surface area contributed by atoms with Gasteiger partial charge in [0.2, 0.25) is 0 Å². The number of nitrogens with zero attached hydrogens (tertiary/aromatic N) is 1. The Balaban J connectivity index is 2.13. The second-order valence-corrected chi connectivity index (χ2v) is 5.01. The van der Waals surface area contributed by atoms with Gasteiger partial charge in [0.05, 0.1) is 5.52 Å². The van der Waals surface area contributed by atoms with E-state index in [0.29, 0.717) is 5.56 Å². The summed E-state index contributed by atoms with van der Waals surface area (Å²) < 4.78 is 0. The van der Waals surface area contributed by atoms with Gasteiger partial charge >= 0.3 is 0 Å². The van der Waals surface area contributed by atoms with Crippen molar-refractivity contribution < 1.29 is 4.79 Å². The third kappa shape index (κ3) is 2.10. The van der Waals surface area contributed by atoms with Crippen LogP contribution in [0.25, 0.3) is 10.9 Å². The molecule has 0 aliphatic heterocycles. The Morgan fingerprint density at radius 2 is 1.70 bits per heavy atom. The summed E-state index contributed by atoms with van der Waals surface area (Å²) in [6.07, 6.45) is 1.76. The Kier molecular flexibility index (Phi) is 3.07. The standard InChI is InChI=1S/C18H15NO/c1-12-5-3-6-13(2)17(12)18(20)15-8-9-16-14(11-15)7-4-10-19-16/h3-11H,1-2H3. The number of rotatable bonds is 2. The van der Waals surface area contributed by atoms with E-state index in [1.807, 2.05) is 62.4 Å². The molecule has 0 amide bonds. The number of carbonyl (C=O) groups is 1. The van der Waals surface area contributed by atoms with Gasteiger partial charge in [0.1, 0.15) is 0 Å². The molecule has 0 bridgehead atoms. The first-order chi connectivity index (χ1) is 9.66. The summed E-state index contributed by atoms with van der Waals surface area (Å²) in [7, 11) is 0.